The van der Waals surface area contributed by atoms with E-state index in [0.29, 0.717) is 0 Å². The minimum atomic E-state index is -0.968. The van der Waals surface area contributed by atoms with Gasteiger partial charge in [-0.3, -0.25) is 4.79 Å². The maximum atomic E-state index is 9.24. The quantitative estimate of drug-likeness (QED) is 0.565. The summed E-state index contributed by atoms with van der Waals surface area (Å²) in [6.45, 7) is -0.278. The van der Waals surface area contributed by atoms with Crippen LogP contribution in [0, 0.1) is 0 Å². The van der Waals surface area contributed by atoms with E-state index in [0.717, 1.165) is 0 Å². The van der Waals surface area contributed by atoms with E-state index in [9.17, 15) is 4.79 Å². The highest BCUT2D eigenvalue weighted by molar-refractivity contribution is 5.68. The van der Waals surface area contributed by atoms with Crippen LogP contribution in [-0.4, -0.2) is 22.6 Å². The first kappa shape index (κ1) is 8.64. The molecule has 0 aliphatic carbocycles. The topological polar surface area (TPSA) is 89.4 Å². The third-order valence-corrected chi connectivity index (χ3v) is 0.522. The fourth-order valence-electron chi connectivity index (χ4n) is 0.176. The SMILES string of the molecule is NCC(=O)O.c1cocn1. The average Bonchev–Trinajstić information content (AvgIpc) is 2.43. The molecule has 0 unspecified atom stereocenters. The van der Waals surface area contributed by atoms with Crippen LogP contribution in [0.3, 0.4) is 0 Å². The zero-order chi connectivity index (χ0) is 7.82. The molecule has 0 amide bonds. The standard InChI is InChI=1S/C3H3NO.C2H5NO2/c1-2-5-3-4-1;3-1-2(4)5/h1-3H;1,3H2,(H,4,5). The van der Waals surface area contributed by atoms with Crippen LogP contribution >= 0.6 is 0 Å². The van der Waals surface area contributed by atoms with Gasteiger partial charge in [0, 0.05) is 0 Å². The molecule has 0 saturated heterocycles. The van der Waals surface area contributed by atoms with Crippen LogP contribution in [0.25, 0.3) is 0 Å². The molecule has 1 aromatic rings. The highest BCUT2D eigenvalue weighted by atomic mass is 16.4. The Morgan fingerprint density at radius 2 is 2.40 bits per heavy atom. The summed E-state index contributed by atoms with van der Waals surface area (Å²) in [6.07, 6.45) is 4.47. The van der Waals surface area contributed by atoms with Crippen molar-refractivity contribution in [3.05, 3.63) is 18.9 Å². The molecule has 0 radical (unpaired) electrons. The predicted molar refractivity (Wildman–Crippen MR) is 33.2 cm³/mol. The van der Waals surface area contributed by atoms with Crippen molar-refractivity contribution in [3.63, 3.8) is 0 Å². The van der Waals surface area contributed by atoms with Gasteiger partial charge in [-0.2, -0.15) is 0 Å². The number of rotatable bonds is 1. The molecular weight excluding hydrogens is 136 g/mol. The van der Waals surface area contributed by atoms with Crippen LogP contribution in [0.15, 0.2) is 23.3 Å². The molecule has 0 aliphatic heterocycles. The van der Waals surface area contributed by atoms with E-state index >= 15 is 0 Å². The number of aliphatic carboxylic acids is 1. The number of aromatic nitrogens is 1. The Hall–Kier alpha value is -1.36. The Morgan fingerprint density at radius 1 is 1.80 bits per heavy atom. The molecule has 0 fully saturated rings. The zero-order valence-corrected chi connectivity index (χ0v) is 5.23. The van der Waals surface area contributed by atoms with Crippen LogP contribution in [-0.2, 0) is 4.79 Å². The molecule has 56 valence electrons. The molecule has 0 saturated carbocycles. The maximum absolute atomic E-state index is 9.24. The number of nitrogens with two attached hydrogens (primary N) is 1. The van der Waals surface area contributed by atoms with Gasteiger partial charge in [0.15, 0.2) is 6.39 Å². The number of hydrogen-bond acceptors (Lipinski definition) is 4. The van der Waals surface area contributed by atoms with Gasteiger partial charge in [0.1, 0.15) is 6.26 Å². The van der Waals surface area contributed by atoms with Crippen molar-refractivity contribution in [1.82, 2.24) is 4.98 Å². The Kier molecular flexibility index (Phi) is 4.99. The summed E-state index contributed by atoms with van der Waals surface area (Å²) in [4.78, 5) is 12.8. The smallest absolute Gasteiger partial charge is 0.317 e. The number of oxazole rings is 1. The number of carboxylic acid groups (broad SMARTS) is 1. The van der Waals surface area contributed by atoms with Crippen molar-refractivity contribution in [2.45, 2.75) is 0 Å². The van der Waals surface area contributed by atoms with Gasteiger partial charge in [0.25, 0.3) is 0 Å². The lowest BCUT2D eigenvalue weighted by Crippen LogP contribution is -2.10. The lowest BCUT2D eigenvalue weighted by molar-refractivity contribution is -0.135. The van der Waals surface area contributed by atoms with E-state index in [2.05, 4.69) is 15.1 Å². The highest BCUT2D eigenvalue weighted by Crippen LogP contribution is 1.72. The monoisotopic (exact) mass is 144 g/mol. The largest absolute Gasteiger partial charge is 0.480 e. The molecule has 0 aliphatic rings. The first-order valence-corrected chi connectivity index (χ1v) is 2.51. The van der Waals surface area contributed by atoms with E-state index in [1.165, 1.54) is 12.7 Å². The summed E-state index contributed by atoms with van der Waals surface area (Å²) in [5.74, 6) is -0.968. The molecule has 0 aromatic carbocycles. The van der Waals surface area contributed by atoms with Crippen molar-refractivity contribution in [1.29, 1.82) is 0 Å². The normalized spacial score (nSPS) is 7.70. The summed E-state index contributed by atoms with van der Waals surface area (Å²) in [5, 5.41) is 7.60. The summed E-state index contributed by atoms with van der Waals surface area (Å²) < 4.78 is 4.47. The lowest BCUT2D eigenvalue weighted by atomic mass is 10.7. The molecule has 0 atom stereocenters. The minimum Gasteiger partial charge on any atom is -0.480 e. The average molecular weight is 144 g/mol. The van der Waals surface area contributed by atoms with Gasteiger partial charge in [-0.05, 0) is 0 Å². The third kappa shape index (κ3) is 6.64. The molecule has 10 heavy (non-hydrogen) atoms. The van der Waals surface area contributed by atoms with Gasteiger partial charge >= 0.3 is 5.97 Å². The van der Waals surface area contributed by atoms with Gasteiger partial charge in [0.05, 0.1) is 12.7 Å². The second-order valence-electron chi connectivity index (χ2n) is 1.27. The van der Waals surface area contributed by atoms with Gasteiger partial charge in [-0.25, -0.2) is 4.98 Å². The summed E-state index contributed by atoms with van der Waals surface area (Å²) in [5.41, 5.74) is 4.57. The van der Waals surface area contributed by atoms with Gasteiger partial charge in [0.2, 0.25) is 0 Å². The second kappa shape index (κ2) is 5.77. The predicted octanol–water partition coefficient (Wildman–Crippen LogP) is -0.296. The van der Waals surface area contributed by atoms with Crippen LogP contribution in [0.2, 0.25) is 0 Å². The van der Waals surface area contributed by atoms with E-state index in [-0.39, 0.29) is 6.54 Å². The minimum absolute atomic E-state index is 0.278. The van der Waals surface area contributed by atoms with E-state index < -0.39 is 5.97 Å². The molecule has 1 aromatic heterocycles. The van der Waals surface area contributed by atoms with Crippen molar-refractivity contribution in [2.24, 2.45) is 5.73 Å². The first-order chi connectivity index (χ1) is 4.77. The van der Waals surface area contributed by atoms with Crippen molar-refractivity contribution >= 4 is 5.97 Å². The molecule has 3 N–H and O–H groups in total. The number of hydrogen-bond donors (Lipinski definition) is 2. The van der Waals surface area contributed by atoms with Gasteiger partial charge in [-0.1, -0.05) is 0 Å². The fourth-order valence-corrected chi connectivity index (χ4v) is 0.176. The molecule has 1 heterocycles. The van der Waals surface area contributed by atoms with Crippen LogP contribution in [0.1, 0.15) is 0 Å². The fraction of sp³-hybridized carbons (Fsp3) is 0.200. The van der Waals surface area contributed by atoms with Crippen molar-refractivity contribution in [2.75, 3.05) is 6.54 Å². The molecule has 5 heteroatoms. The maximum Gasteiger partial charge on any atom is 0.317 e. The number of carboxylic acids is 1. The Labute approximate surface area is 57.5 Å². The van der Waals surface area contributed by atoms with Crippen molar-refractivity contribution < 1.29 is 14.3 Å². The molecule has 0 spiro atoms. The lowest BCUT2D eigenvalue weighted by Gasteiger charge is -1.73. The Balaban J connectivity index is 0.000000162. The Morgan fingerprint density at radius 3 is 2.50 bits per heavy atom. The first-order valence-electron chi connectivity index (χ1n) is 2.51. The van der Waals surface area contributed by atoms with Crippen LogP contribution in [0.5, 0.6) is 0 Å². The molecule has 1 rings (SSSR count). The zero-order valence-electron chi connectivity index (χ0n) is 5.23. The summed E-state index contributed by atoms with van der Waals surface area (Å²) >= 11 is 0. The summed E-state index contributed by atoms with van der Waals surface area (Å²) in [6, 6.07) is 0. The number of carbonyl (C=O) groups is 1. The van der Waals surface area contributed by atoms with Gasteiger partial charge in [-0.15, -0.1) is 0 Å². The number of nitrogens with zero attached hydrogens (tertiary/aromatic N) is 1. The third-order valence-electron chi connectivity index (χ3n) is 0.522. The Bertz CT molecular complexity index is 144. The molecular formula is C5H8N2O3. The van der Waals surface area contributed by atoms with Crippen molar-refractivity contribution in [3.8, 4) is 0 Å². The van der Waals surface area contributed by atoms with E-state index in [1.54, 1.807) is 6.20 Å². The highest BCUT2D eigenvalue weighted by Gasteiger charge is 1.81. The second-order valence-corrected chi connectivity index (χ2v) is 1.27. The van der Waals surface area contributed by atoms with E-state index in [4.69, 9.17) is 5.11 Å². The van der Waals surface area contributed by atoms with Crippen LogP contribution < -0.4 is 5.73 Å². The molecule has 5 nitrogen and oxygen atoms in total. The van der Waals surface area contributed by atoms with Gasteiger partial charge < -0.3 is 15.3 Å². The van der Waals surface area contributed by atoms with Crippen LogP contribution in [0.4, 0.5) is 0 Å². The molecule has 0 bridgehead atoms. The summed E-state index contributed by atoms with van der Waals surface area (Å²) in [7, 11) is 0. The van der Waals surface area contributed by atoms with E-state index in [1.807, 2.05) is 0 Å².